The maximum absolute atomic E-state index is 12.8. The zero-order valence-corrected chi connectivity index (χ0v) is 9.41. The number of hydrogen-bond donors (Lipinski definition) is 0. The summed E-state index contributed by atoms with van der Waals surface area (Å²) < 4.78 is 12.8. The van der Waals surface area contributed by atoms with E-state index in [1.165, 1.54) is 12.1 Å². The van der Waals surface area contributed by atoms with Crippen LogP contribution in [0, 0.1) is 22.6 Å². The SMILES string of the molecule is CN(CC1(C#N)CCC1)c1ccc(F)cc1. The molecule has 16 heavy (non-hydrogen) atoms. The molecule has 0 aromatic heterocycles. The van der Waals surface area contributed by atoms with Crippen LogP contribution in [-0.2, 0) is 0 Å². The van der Waals surface area contributed by atoms with Crippen LogP contribution in [0.3, 0.4) is 0 Å². The molecular formula is C13H15FN2. The summed E-state index contributed by atoms with van der Waals surface area (Å²) in [6.07, 6.45) is 3.11. The van der Waals surface area contributed by atoms with Crippen LogP contribution in [0.4, 0.5) is 10.1 Å². The van der Waals surface area contributed by atoms with Gasteiger partial charge in [-0.05, 0) is 37.1 Å². The van der Waals surface area contributed by atoms with Crippen LogP contribution in [0.1, 0.15) is 19.3 Å². The van der Waals surface area contributed by atoms with Gasteiger partial charge in [0.15, 0.2) is 0 Å². The summed E-state index contributed by atoms with van der Waals surface area (Å²) in [6, 6.07) is 8.81. The van der Waals surface area contributed by atoms with E-state index in [1.54, 1.807) is 12.1 Å². The van der Waals surface area contributed by atoms with Gasteiger partial charge < -0.3 is 4.90 Å². The van der Waals surface area contributed by atoms with E-state index in [2.05, 4.69) is 6.07 Å². The lowest BCUT2D eigenvalue weighted by Crippen LogP contribution is -2.39. The van der Waals surface area contributed by atoms with Gasteiger partial charge in [0, 0.05) is 19.3 Å². The summed E-state index contributed by atoms with van der Waals surface area (Å²) in [5, 5.41) is 9.14. The van der Waals surface area contributed by atoms with Crippen LogP contribution in [0.5, 0.6) is 0 Å². The second-order valence-corrected chi connectivity index (χ2v) is 4.58. The zero-order chi connectivity index (χ0) is 11.6. The molecule has 1 aliphatic rings. The van der Waals surface area contributed by atoms with Crippen LogP contribution in [-0.4, -0.2) is 13.6 Å². The Morgan fingerprint density at radius 3 is 2.44 bits per heavy atom. The summed E-state index contributed by atoms with van der Waals surface area (Å²) in [6.45, 7) is 0.731. The van der Waals surface area contributed by atoms with Gasteiger partial charge in [-0.15, -0.1) is 0 Å². The van der Waals surface area contributed by atoms with E-state index in [4.69, 9.17) is 5.26 Å². The highest BCUT2D eigenvalue weighted by Crippen LogP contribution is 2.41. The van der Waals surface area contributed by atoms with E-state index < -0.39 is 0 Å². The molecule has 2 nitrogen and oxygen atoms in total. The molecule has 84 valence electrons. The number of hydrogen-bond acceptors (Lipinski definition) is 2. The lowest BCUT2D eigenvalue weighted by Gasteiger charge is -2.39. The van der Waals surface area contributed by atoms with Gasteiger partial charge in [0.2, 0.25) is 0 Å². The fourth-order valence-corrected chi connectivity index (χ4v) is 2.15. The number of nitrogens with zero attached hydrogens (tertiary/aromatic N) is 2. The third-order valence-electron chi connectivity index (χ3n) is 3.36. The standard InChI is InChI=1S/C13H15FN2/c1-16(10-13(9-15)7-2-8-13)12-5-3-11(14)4-6-12/h3-6H,2,7-8,10H2,1H3. The second-order valence-electron chi connectivity index (χ2n) is 4.58. The molecule has 0 aliphatic heterocycles. The molecule has 0 radical (unpaired) electrons. The average Bonchev–Trinajstić information content (AvgIpc) is 2.24. The van der Waals surface area contributed by atoms with Crippen molar-refractivity contribution in [3.8, 4) is 6.07 Å². The molecule has 1 aromatic rings. The van der Waals surface area contributed by atoms with Gasteiger partial charge in [-0.1, -0.05) is 6.42 Å². The van der Waals surface area contributed by atoms with Crippen molar-refractivity contribution in [3.63, 3.8) is 0 Å². The van der Waals surface area contributed by atoms with Crippen molar-refractivity contribution in [2.75, 3.05) is 18.5 Å². The molecule has 0 heterocycles. The Balaban J connectivity index is 2.05. The Kier molecular flexibility index (Phi) is 2.82. The monoisotopic (exact) mass is 218 g/mol. The molecule has 2 rings (SSSR count). The molecule has 0 spiro atoms. The number of halogens is 1. The lowest BCUT2D eigenvalue weighted by atomic mass is 9.69. The van der Waals surface area contributed by atoms with Crippen LogP contribution < -0.4 is 4.90 Å². The van der Waals surface area contributed by atoms with E-state index in [-0.39, 0.29) is 11.2 Å². The third-order valence-corrected chi connectivity index (χ3v) is 3.36. The van der Waals surface area contributed by atoms with Crippen molar-refractivity contribution in [3.05, 3.63) is 30.1 Å². The van der Waals surface area contributed by atoms with Crippen molar-refractivity contribution in [1.82, 2.24) is 0 Å². The first-order valence-electron chi connectivity index (χ1n) is 5.53. The normalized spacial score (nSPS) is 17.3. The minimum Gasteiger partial charge on any atom is -0.373 e. The molecule has 0 amide bonds. The van der Waals surface area contributed by atoms with Gasteiger partial charge in [0.05, 0.1) is 11.5 Å². The predicted molar refractivity (Wildman–Crippen MR) is 61.6 cm³/mol. The molecule has 0 saturated heterocycles. The van der Waals surface area contributed by atoms with Crippen molar-refractivity contribution in [2.24, 2.45) is 5.41 Å². The van der Waals surface area contributed by atoms with Gasteiger partial charge in [-0.25, -0.2) is 4.39 Å². The Labute approximate surface area is 95.3 Å². The summed E-state index contributed by atoms with van der Waals surface area (Å²) in [4.78, 5) is 2.03. The second kappa shape index (κ2) is 4.13. The van der Waals surface area contributed by atoms with Gasteiger partial charge in [0.1, 0.15) is 5.82 Å². The molecule has 1 aliphatic carbocycles. The number of rotatable bonds is 3. The zero-order valence-electron chi connectivity index (χ0n) is 9.41. The maximum Gasteiger partial charge on any atom is 0.123 e. The minimum atomic E-state index is -0.226. The smallest absolute Gasteiger partial charge is 0.123 e. The third kappa shape index (κ3) is 2.01. The van der Waals surface area contributed by atoms with E-state index in [0.717, 1.165) is 31.5 Å². The average molecular weight is 218 g/mol. The molecule has 0 atom stereocenters. The molecule has 1 fully saturated rings. The van der Waals surface area contributed by atoms with Crippen molar-refractivity contribution < 1.29 is 4.39 Å². The molecule has 0 N–H and O–H groups in total. The first kappa shape index (κ1) is 10.9. The van der Waals surface area contributed by atoms with Crippen LogP contribution in [0.15, 0.2) is 24.3 Å². The topological polar surface area (TPSA) is 27.0 Å². The number of benzene rings is 1. The van der Waals surface area contributed by atoms with Crippen LogP contribution >= 0.6 is 0 Å². The molecule has 1 saturated carbocycles. The van der Waals surface area contributed by atoms with Crippen molar-refractivity contribution >= 4 is 5.69 Å². The highest BCUT2D eigenvalue weighted by atomic mass is 19.1. The van der Waals surface area contributed by atoms with E-state index >= 15 is 0 Å². The molecular weight excluding hydrogens is 203 g/mol. The highest BCUT2D eigenvalue weighted by molar-refractivity contribution is 5.46. The van der Waals surface area contributed by atoms with E-state index in [0.29, 0.717) is 0 Å². The summed E-state index contributed by atoms with van der Waals surface area (Å²) in [5.74, 6) is -0.226. The molecule has 0 bridgehead atoms. The maximum atomic E-state index is 12.8. The first-order chi connectivity index (χ1) is 7.65. The number of nitriles is 1. The van der Waals surface area contributed by atoms with E-state index in [9.17, 15) is 4.39 Å². The number of anilines is 1. The lowest BCUT2D eigenvalue weighted by molar-refractivity contribution is 0.223. The fourth-order valence-electron chi connectivity index (χ4n) is 2.15. The molecule has 0 unspecified atom stereocenters. The Hall–Kier alpha value is -1.56. The van der Waals surface area contributed by atoms with Crippen LogP contribution in [0.25, 0.3) is 0 Å². The Morgan fingerprint density at radius 2 is 2.00 bits per heavy atom. The predicted octanol–water partition coefficient (Wildman–Crippen LogP) is 2.96. The van der Waals surface area contributed by atoms with Gasteiger partial charge >= 0.3 is 0 Å². The van der Waals surface area contributed by atoms with Crippen molar-refractivity contribution in [1.29, 1.82) is 5.26 Å². The summed E-state index contributed by atoms with van der Waals surface area (Å²) in [7, 11) is 1.95. The van der Waals surface area contributed by atoms with Gasteiger partial charge in [0.25, 0.3) is 0 Å². The molecule has 3 heteroatoms. The van der Waals surface area contributed by atoms with Gasteiger partial charge in [-0.2, -0.15) is 5.26 Å². The Bertz CT molecular complexity index is 401. The highest BCUT2D eigenvalue weighted by Gasteiger charge is 2.38. The van der Waals surface area contributed by atoms with Gasteiger partial charge in [-0.3, -0.25) is 0 Å². The van der Waals surface area contributed by atoms with Crippen molar-refractivity contribution in [2.45, 2.75) is 19.3 Å². The quantitative estimate of drug-likeness (QED) is 0.780. The fraction of sp³-hybridized carbons (Fsp3) is 0.462. The summed E-state index contributed by atoms with van der Waals surface area (Å²) in [5.41, 5.74) is 0.784. The minimum absolute atomic E-state index is 0.177. The largest absolute Gasteiger partial charge is 0.373 e. The van der Waals surface area contributed by atoms with Crippen LogP contribution in [0.2, 0.25) is 0 Å². The first-order valence-corrected chi connectivity index (χ1v) is 5.53. The Morgan fingerprint density at radius 1 is 1.38 bits per heavy atom. The van der Waals surface area contributed by atoms with E-state index in [1.807, 2.05) is 11.9 Å². The summed E-state index contributed by atoms with van der Waals surface area (Å²) >= 11 is 0. The molecule has 1 aromatic carbocycles.